The highest BCUT2D eigenvalue weighted by Gasteiger charge is 2.34. The number of rotatable bonds is 6. The third-order valence-corrected chi connectivity index (χ3v) is 7.60. The molecule has 8 nitrogen and oxygen atoms in total. The van der Waals surface area contributed by atoms with E-state index < -0.39 is 10.0 Å². The van der Waals surface area contributed by atoms with Crippen molar-refractivity contribution in [2.45, 2.75) is 36.3 Å². The highest BCUT2D eigenvalue weighted by atomic mass is 35.5. The van der Waals surface area contributed by atoms with Crippen LogP contribution in [0.15, 0.2) is 35.5 Å². The molecule has 0 aliphatic carbocycles. The molecule has 1 N–H and O–H groups in total. The van der Waals surface area contributed by atoms with Gasteiger partial charge >= 0.3 is 0 Å². The topological polar surface area (TPSA) is 97.8 Å². The first-order valence-electron chi connectivity index (χ1n) is 9.96. The highest BCUT2D eigenvalue weighted by molar-refractivity contribution is 7.89. The molecule has 1 aromatic carbocycles. The van der Waals surface area contributed by atoms with Crippen molar-refractivity contribution in [2.75, 3.05) is 32.9 Å². The van der Waals surface area contributed by atoms with Gasteiger partial charge in [0.2, 0.25) is 15.9 Å². The van der Waals surface area contributed by atoms with Crippen molar-refractivity contribution >= 4 is 38.3 Å². The Morgan fingerprint density at radius 2 is 2.20 bits per heavy atom. The van der Waals surface area contributed by atoms with Gasteiger partial charge in [-0.2, -0.15) is 4.31 Å². The summed E-state index contributed by atoms with van der Waals surface area (Å²) in [4.78, 5) is 16.4. The maximum atomic E-state index is 13.3. The molecule has 2 saturated heterocycles. The molecule has 2 atom stereocenters. The Bertz CT molecular complexity index is 1020. The molecule has 30 heavy (non-hydrogen) atoms. The predicted octanol–water partition coefficient (Wildman–Crippen LogP) is 1.96. The Balaban J connectivity index is 1.40. The van der Waals surface area contributed by atoms with Crippen molar-refractivity contribution in [2.24, 2.45) is 0 Å². The van der Waals surface area contributed by atoms with Crippen molar-refractivity contribution in [1.29, 1.82) is 0 Å². The fourth-order valence-corrected chi connectivity index (χ4v) is 5.94. The monoisotopic (exact) mass is 453 g/mol. The number of carbonyl (C=O) groups is 1. The average molecular weight is 454 g/mol. The number of sulfonamides is 1. The standard InChI is InChI=1S/C20H24ClN3O5S/c21-17-10-22-9-14-3-1-5-18(20(14)17)30(26,27)24-7-6-15(11-24)23-19(25)13-29-16-4-2-8-28-12-16/h1,3,5,9-10,15-16H,2,4,6-8,11-13H2,(H,23,25)/t15-,16?/m1/s1. The minimum atomic E-state index is -3.76. The summed E-state index contributed by atoms with van der Waals surface area (Å²) < 4.78 is 38.8. The van der Waals surface area contributed by atoms with E-state index in [1.807, 2.05) is 0 Å². The Morgan fingerprint density at radius 1 is 1.33 bits per heavy atom. The summed E-state index contributed by atoms with van der Waals surface area (Å²) >= 11 is 6.25. The molecular formula is C20H24ClN3O5S. The van der Waals surface area contributed by atoms with Crippen molar-refractivity contribution in [3.63, 3.8) is 0 Å². The molecule has 10 heteroatoms. The zero-order chi connectivity index (χ0) is 21.1. The number of nitrogens with zero attached hydrogens (tertiary/aromatic N) is 2. The summed E-state index contributed by atoms with van der Waals surface area (Å²) in [6.07, 6.45) is 5.31. The highest BCUT2D eigenvalue weighted by Crippen LogP contribution is 2.32. The van der Waals surface area contributed by atoms with Crippen LogP contribution in [0.4, 0.5) is 0 Å². The predicted molar refractivity (Wildman–Crippen MR) is 112 cm³/mol. The van der Waals surface area contributed by atoms with Crippen molar-refractivity contribution in [1.82, 2.24) is 14.6 Å². The first kappa shape index (κ1) is 21.5. The molecule has 2 aromatic rings. The quantitative estimate of drug-likeness (QED) is 0.718. The average Bonchev–Trinajstić information content (AvgIpc) is 3.22. The Kier molecular flexibility index (Phi) is 6.54. The van der Waals surface area contributed by atoms with E-state index in [9.17, 15) is 13.2 Å². The number of benzene rings is 1. The van der Waals surface area contributed by atoms with Gasteiger partial charge in [0.05, 0.1) is 22.6 Å². The summed E-state index contributed by atoms with van der Waals surface area (Å²) in [5.74, 6) is -0.246. The van der Waals surface area contributed by atoms with Gasteiger partial charge in [0.1, 0.15) is 6.61 Å². The smallest absolute Gasteiger partial charge is 0.246 e. The molecular weight excluding hydrogens is 430 g/mol. The van der Waals surface area contributed by atoms with Gasteiger partial charge < -0.3 is 14.8 Å². The van der Waals surface area contributed by atoms with Crippen molar-refractivity contribution < 1.29 is 22.7 Å². The maximum absolute atomic E-state index is 13.3. The number of fused-ring (bicyclic) bond motifs is 1. The molecule has 4 rings (SSSR count). The minimum absolute atomic E-state index is 0.0524. The fraction of sp³-hybridized carbons (Fsp3) is 0.500. The van der Waals surface area contributed by atoms with Gasteiger partial charge in [-0.15, -0.1) is 0 Å². The molecule has 2 aliphatic heterocycles. The van der Waals surface area contributed by atoms with E-state index >= 15 is 0 Å². The second kappa shape index (κ2) is 9.15. The molecule has 0 bridgehead atoms. The summed E-state index contributed by atoms with van der Waals surface area (Å²) in [6, 6.07) is 4.74. The number of amides is 1. The van der Waals surface area contributed by atoms with Crippen LogP contribution in [0.2, 0.25) is 5.02 Å². The Hall–Kier alpha value is -1.78. The van der Waals surface area contributed by atoms with E-state index in [4.69, 9.17) is 21.1 Å². The van der Waals surface area contributed by atoms with Crippen LogP contribution in [0.5, 0.6) is 0 Å². The minimum Gasteiger partial charge on any atom is -0.379 e. The SMILES string of the molecule is O=C(COC1CCCOC1)N[C@@H]1CCN(S(=O)(=O)c2cccc3cncc(Cl)c23)C1. The first-order chi connectivity index (χ1) is 14.4. The van der Waals surface area contributed by atoms with Crippen LogP contribution in [0, 0.1) is 0 Å². The molecule has 1 unspecified atom stereocenters. The Morgan fingerprint density at radius 3 is 3.00 bits per heavy atom. The van der Waals surface area contributed by atoms with Gasteiger partial charge in [0.15, 0.2) is 0 Å². The van der Waals surface area contributed by atoms with Gasteiger partial charge in [-0.25, -0.2) is 8.42 Å². The molecule has 1 aromatic heterocycles. The van der Waals surface area contributed by atoms with Gasteiger partial charge in [0, 0.05) is 48.9 Å². The van der Waals surface area contributed by atoms with Gasteiger partial charge in [-0.05, 0) is 25.3 Å². The zero-order valence-corrected chi connectivity index (χ0v) is 18.0. The number of hydrogen-bond donors (Lipinski definition) is 1. The number of carbonyl (C=O) groups excluding carboxylic acids is 1. The summed E-state index contributed by atoms with van der Waals surface area (Å²) in [7, 11) is -3.76. The van der Waals surface area contributed by atoms with E-state index in [0.29, 0.717) is 35.4 Å². The first-order valence-corrected chi connectivity index (χ1v) is 11.8. The lowest BCUT2D eigenvalue weighted by atomic mass is 10.2. The number of halogens is 1. The molecule has 162 valence electrons. The number of ether oxygens (including phenoxy) is 2. The molecule has 3 heterocycles. The van der Waals surface area contributed by atoms with Crippen LogP contribution in [-0.4, -0.2) is 68.7 Å². The van der Waals surface area contributed by atoms with E-state index in [-0.39, 0.29) is 36.1 Å². The van der Waals surface area contributed by atoms with Crippen LogP contribution >= 0.6 is 11.6 Å². The van der Waals surface area contributed by atoms with E-state index in [1.165, 1.54) is 10.5 Å². The zero-order valence-electron chi connectivity index (χ0n) is 16.4. The van der Waals surface area contributed by atoms with Crippen LogP contribution in [-0.2, 0) is 24.3 Å². The fourth-order valence-electron chi connectivity index (χ4n) is 3.88. The summed E-state index contributed by atoms with van der Waals surface area (Å²) in [6.45, 7) is 1.72. The molecule has 2 aliphatic rings. The maximum Gasteiger partial charge on any atom is 0.246 e. The lowest BCUT2D eigenvalue weighted by Gasteiger charge is -2.22. The van der Waals surface area contributed by atoms with Crippen LogP contribution in [0.3, 0.4) is 0 Å². The molecule has 0 saturated carbocycles. The molecule has 0 spiro atoms. The third kappa shape index (κ3) is 4.60. The van der Waals surface area contributed by atoms with E-state index in [1.54, 1.807) is 24.4 Å². The van der Waals surface area contributed by atoms with Crippen LogP contribution in [0.1, 0.15) is 19.3 Å². The summed E-state index contributed by atoms with van der Waals surface area (Å²) in [5.41, 5.74) is 0. The van der Waals surface area contributed by atoms with Gasteiger partial charge in [-0.1, -0.05) is 23.7 Å². The number of hydrogen-bond acceptors (Lipinski definition) is 6. The van der Waals surface area contributed by atoms with Crippen LogP contribution < -0.4 is 5.32 Å². The summed E-state index contributed by atoms with van der Waals surface area (Å²) in [5, 5.41) is 4.29. The number of nitrogens with one attached hydrogen (secondary N) is 1. The molecule has 1 amide bonds. The third-order valence-electron chi connectivity index (χ3n) is 5.40. The largest absolute Gasteiger partial charge is 0.379 e. The van der Waals surface area contributed by atoms with Crippen molar-refractivity contribution in [3.8, 4) is 0 Å². The van der Waals surface area contributed by atoms with E-state index in [0.717, 1.165) is 19.4 Å². The lowest BCUT2D eigenvalue weighted by molar-refractivity contribution is -0.131. The lowest BCUT2D eigenvalue weighted by Crippen LogP contribution is -2.41. The van der Waals surface area contributed by atoms with Gasteiger partial charge in [0.25, 0.3) is 0 Å². The Labute approximate surface area is 180 Å². The number of pyridine rings is 1. The molecule has 0 radical (unpaired) electrons. The number of aromatic nitrogens is 1. The normalized spacial score (nSPS) is 23.0. The van der Waals surface area contributed by atoms with Crippen molar-refractivity contribution in [3.05, 3.63) is 35.6 Å². The second-order valence-corrected chi connectivity index (χ2v) is 9.86. The van der Waals surface area contributed by atoms with E-state index in [2.05, 4.69) is 10.3 Å². The molecule has 2 fully saturated rings. The van der Waals surface area contributed by atoms with Crippen LogP contribution in [0.25, 0.3) is 10.8 Å². The van der Waals surface area contributed by atoms with Gasteiger partial charge in [-0.3, -0.25) is 9.78 Å². The second-order valence-electron chi connectivity index (χ2n) is 7.54.